The molecule has 1 amide bonds. The Morgan fingerprint density at radius 1 is 1.18 bits per heavy atom. The number of benzene rings is 2. The molecule has 6 heteroatoms. The zero-order chi connectivity index (χ0) is 20.1. The molecule has 2 aromatic carbocycles. The van der Waals surface area contributed by atoms with Gasteiger partial charge in [-0.3, -0.25) is 9.59 Å². The van der Waals surface area contributed by atoms with E-state index in [9.17, 15) is 14.9 Å². The molecule has 28 heavy (non-hydrogen) atoms. The minimum Gasteiger partial charge on any atom is -0.468 e. The average molecular weight is 392 g/mol. The highest BCUT2D eigenvalue weighted by Crippen LogP contribution is 2.40. The van der Waals surface area contributed by atoms with E-state index in [2.05, 4.69) is 11.4 Å². The summed E-state index contributed by atoms with van der Waals surface area (Å²) in [6.07, 6.45) is 0. The van der Waals surface area contributed by atoms with Crippen molar-refractivity contribution in [3.05, 3.63) is 81.9 Å². The summed E-state index contributed by atoms with van der Waals surface area (Å²) in [5.74, 6) is -2.27. The topological polar surface area (TPSA) is 79.2 Å². The first kappa shape index (κ1) is 19.7. The lowest BCUT2D eigenvalue weighted by Crippen LogP contribution is -2.44. The third-order valence-corrected chi connectivity index (χ3v) is 5.73. The van der Waals surface area contributed by atoms with Gasteiger partial charge < -0.3 is 10.1 Å². The molecule has 0 unspecified atom stereocenters. The quantitative estimate of drug-likeness (QED) is 0.620. The Labute approximate surface area is 168 Å². The number of carbonyl (C=O) groups excluding carboxylic acids is 2. The van der Waals surface area contributed by atoms with Crippen LogP contribution in [0.15, 0.2) is 65.2 Å². The number of aryl methyl sites for hydroxylation is 1. The minimum atomic E-state index is -1.09. The van der Waals surface area contributed by atoms with Crippen molar-refractivity contribution in [2.75, 3.05) is 7.11 Å². The summed E-state index contributed by atoms with van der Waals surface area (Å²) in [6.45, 7) is 1.96. The molecular weight excluding hydrogens is 372 g/mol. The Morgan fingerprint density at radius 2 is 1.86 bits per heavy atom. The van der Waals surface area contributed by atoms with Crippen molar-refractivity contribution in [3.8, 4) is 6.07 Å². The van der Waals surface area contributed by atoms with Crippen molar-refractivity contribution in [1.29, 1.82) is 5.26 Å². The van der Waals surface area contributed by atoms with E-state index in [1.807, 2.05) is 61.5 Å². The maximum atomic E-state index is 12.8. The summed E-state index contributed by atoms with van der Waals surface area (Å²) in [5, 5.41) is 13.1. The van der Waals surface area contributed by atoms with Crippen LogP contribution in [-0.2, 0) is 20.1 Å². The van der Waals surface area contributed by atoms with Crippen LogP contribution >= 0.6 is 11.8 Å². The van der Waals surface area contributed by atoms with Gasteiger partial charge in [-0.25, -0.2) is 0 Å². The SMILES string of the molecule is COC(=O)[C@H]1C(=O)NC(SCc2ccccc2)=C(C#N)[C@@H]1c1ccc(C)cc1. The number of nitrogens with zero attached hydrogens (tertiary/aromatic N) is 1. The van der Waals surface area contributed by atoms with Crippen LogP contribution in [0.3, 0.4) is 0 Å². The number of allylic oxidation sites excluding steroid dienone is 1. The summed E-state index contributed by atoms with van der Waals surface area (Å²) < 4.78 is 4.85. The van der Waals surface area contributed by atoms with Crippen LogP contribution in [0.1, 0.15) is 22.6 Å². The molecule has 1 N–H and O–H groups in total. The number of nitrogens with one attached hydrogen (secondary N) is 1. The van der Waals surface area contributed by atoms with Crippen LogP contribution in [0.25, 0.3) is 0 Å². The van der Waals surface area contributed by atoms with Gasteiger partial charge in [0.1, 0.15) is 5.92 Å². The van der Waals surface area contributed by atoms with Crippen LogP contribution in [0.2, 0.25) is 0 Å². The summed E-state index contributed by atoms with van der Waals surface area (Å²) in [6, 6.07) is 19.5. The molecule has 1 aliphatic heterocycles. The van der Waals surface area contributed by atoms with Crippen molar-refractivity contribution in [1.82, 2.24) is 5.32 Å². The number of nitriles is 1. The zero-order valence-corrected chi connectivity index (χ0v) is 16.5. The first-order chi connectivity index (χ1) is 13.5. The Kier molecular flexibility index (Phi) is 6.17. The highest BCUT2D eigenvalue weighted by atomic mass is 32.2. The second kappa shape index (κ2) is 8.77. The molecule has 5 nitrogen and oxygen atoms in total. The summed E-state index contributed by atoms with van der Waals surface area (Å²) in [4.78, 5) is 25.1. The van der Waals surface area contributed by atoms with E-state index in [1.54, 1.807) is 0 Å². The molecule has 0 aromatic heterocycles. The third-order valence-electron chi connectivity index (χ3n) is 4.65. The van der Waals surface area contributed by atoms with Gasteiger partial charge in [-0.2, -0.15) is 5.26 Å². The van der Waals surface area contributed by atoms with Gasteiger partial charge in [0.15, 0.2) is 0 Å². The summed E-state index contributed by atoms with van der Waals surface area (Å²) in [7, 11) is 1.25. The Balaban J connectivity index is 2.02. The highest BCUT2D eigenvalue weighted by Gasteiger charge is 2.44. The van der Waals surface area contributed by atoms with Crippen LogP contribution in [0.4, 0.5) is 0 Å². The average Bonchev–Trinajstić information content (AvgIpc) is 2.72. The summed E-state index contributed by atoms with van der Waals surface area (Å²) in [5.41, 5.74) is 3.25. The van der Waals surface area contributed by atoms with Gasteiger partial charge in [-0.15, -0.1) is 11.8 Å². The molecule has 142 valence electrons. The molecule has 3 rings (SSSR count). The smallest absolute Gasteiger partial charge is 0.319 e. The Bertz CT molecular complexity index is 946. The molecule has 0 saturated heterocycles. The van der Waals surface area contributed by atoms with Crippen molar-refractivity contribution in [3.63, 3.8) is 0 Å². The van der Waals surface area contributed by atoms with Crippen LogP contribution < -0.4 is 5.32 Å². The normalized spacial score (nSPS) is 19.0. The second-order valence-electron chi connectivity index (χ2n) is 6.51. The predicted molar refractivity (Wildman–Crippen MR) is 108 cm³/mol. The molecule has 1 heterocycles. The molecule has 0 bridgehead atoms. The molecule has 0 radical (unpaired) electrons. The molecule has 0 saturated carbocycles. The van der Waals surface area contributed by atoms with Gasteiger partial charge in [-0.1, -0.05) is 60.2 Å². The first-order valence-electron chi connectivity index (χ1n) is 8.81. The van der Waals surface area contributed by atoms with Gasteiger partial charge in [0.25, 0.3) is 0 Å². The van der Waals surface area contributed by atoms with Crippen LogP contribution in [0.5, 0.6) is 0 Å². The lowest BCUT2D eigenvalue weighted by molar-refractivity contribution is -0.150. The molecule has 2 aromatic rings. The number of ether oxygens (including phenoxy) is 1. The van der Waals surface area contributed by atoms with E-state index in [0.29, 0.717) is 16.4 Å². The number of esters is 1. The highest BCUT2D eigenvalue weighted by molar-refractivity contribution is 8.02. The van der Waals surface area contributed by atoms with Crippen molar-refractivity contribution >= 4 is 23.6 Å². The number of rotatable bonds is 5. The fraction of sp³-hybridized carbons (Fsp3) is 0.227. The lowest BCUT2D eigenvalue weighted by Gasteiger charge is -2.31. The summed E-state index contributed by atoms with van der Waals surface area (Å²) >= 11 is 1.38. The number of amides is 1. The maximum absolute atomic E-state index is 12.8. The Hall–Kier alpha value is -3.04. The van der Waals surface area contributed by atoms with E-state index in [1.165, 1.54) is 18.9 Å². The van der Waals surface area contributed by atoms with Gasteiger partial charge in [0.2, 0.25) is 5.91 Å². The standard InChI is InChI=1S/C22H20N2O3S/c1-14-8-10-16(11-9-14)18-17(12-23)21(24-20(25)19(18)22(26)27-2)28-13-15-6-4-3-5-7-15/h3-11,18-19H,13H2,1-2H3,(H,24,25)/t18-,19+/m0/s1. The Morgan fingerprint density at radius 3 is 2.46 bits per heavy atom. The number of hydrogen-bond acceptors (Lipinski definition) is 5. The van der Waals surface area contributed by atoms with Crippen molar-refractivity contribution in [2.45, 2.75) is 18.6 Å². The number of hydrogen-bond donors (Lipinski definition) is 1. The number of thioether (sulfide) groups is 1. The van der Waals surface area contributed by atoms with Crippen LogP contribution in [0, 0.1) is 24.2 Å². The molecule has 0 fully saturated rings. The van der Waals surface area contributed by atoms with Crippen LogP contribution in [-0.4, -0.2) is 19.0 Å². The molecule has 0 aliphatic carbocycles. The number of methoxy groups -OCH3 is 1. The first-order valence-corrected chi connectivity index (χ1v) is 9.80. The van der Waals surface area contributed by atoms with Gasteiger partial charge in [-0.05, 0) is 18.1 Å². The zero-order valence-electron chi connectivity index (χ0n) is 15.6. The van der Waals surface area contributed by atoms with E-state index < -0.39 is 23.7 Å². The fourth-order valence-electron chi connectivity index (χ4n) is 3.18. The van der Waals surface area contributed by atoms with Gasteiger partial charge in [0, 0.05) is 11.7 Å². The molecular formula is C22H20N2O3S. The molecule has 0 spiro atoms. The number of carbonyl (C=O) groups is 2. The fourth-order valence-corrected chi connectivity index (χ4v) is 4.19. The van der Waals surface area contributed by atoms with Crippen molar-refractivity contribution in [2.24, 2.45) is 5.92 Å². The van der Waals surface area contributed by atoms with Gasteiger partial charge >= 0.3 is 5.97 Å². The van der Waals surface area contributed by atoms with E-state index >= 15 is 0 Å². The maximum Gasteiger partial charge on any atom is 0.319 e. The van der Waals surface area contributed by atoms with E-state index in [4.69, 9.17) is 4.74 Å². The predicted octanol–water partition coefficient (Wildman–Crippen LogP) is 3.67. The second-order valence-corrected chi connectivity index (χ2v) is 7.49. The van der Waals surface area contributed by atoms with E-state index in [0.717, 1.165) is 16.7 Å². The van der Waals surface area contributed by atoms with Gasteiger partial charge in [0.05, 0.1) is 23.8 Å². The molecule has 1 aliphatic rings. The van der Waals surface area contributed by atoms with E-state index in [-0.39, 0.29) is 0 Å². The molecule has 2 atom stereocenters. The lowest BCUT2D eigenvalue weighted by atomic mass is 9.78. The largest absolute Gasteiger partial charge is 0.468 e. The third kappa shape index (κ3) is 4.10. The monoisotopic (exact) mass is 392 g/mol. The van der Waals surface area contributed by atoms with Crippen molar-refractivity contribution < 1.29 is 14.3 Å². The minimum absolute atomic E-state index is 0.375.